The fourth-order valence-corrected chi connectivity index (χ4v) is 1.81. The Morgan fingerprint density at radius 1 is 1.42 bits per heavy atom. The predicted molar refractivity (Wildman–Crippen MR) is 61.7 cm³/mol. The van der Waals surface area contributed by atoms with Crippen LogP contribution in [0.15, 0.2) is 24.4 Å². The minimum absolute atomic E-state index is 0.102. The fraction of sp³-hybridized carbons (Fsp3) is 0.200. The maximum absolute atomic E-state index is 12.5. The Balaban J connectivity index is 2.41. The molecule has 0 aliphatic heterocycles. The van der Waals surface area contributed by atoms with Crippen molar-refractivity contribution in [1.82, 2.24) is 14.3 Å². The van der Waals surface area contributed by atoms with Gasteiger partial charge in [-0.1, -0.05) is 0 Å². The maximum Gasteiger partial charge on any atom is 0.417 e. The molecule has 0 radical (unpaired) electrons. The Kier molecular flexibility index (Phi) is 3.31. The van der Waals surface area contributed by atoms with E-state index in [1.807, 2.05) is 0 Å². The summed E-state index contributed by atoms with van der Waals surface area (Å²) in [5, 5.41) is 3.71. The third kappa shape index (κ3) is 2.92. The van der Waals surface area contributed by atoms with E-state index in [1.54, 1.807) is 0 Å². The second kappa shape index (κ2) is 4.65. The third-order valence-corrected chi connectivity index (χ3v) is 2.73. The number of aromatic nitrogens is 2. The van der Waals surface area contributed by atoms with Gasteiger partial charge in [-0.3, -0.25) is 9.52 Å². The van der Waals surface area contributed by atoms with Crippen LogP contribution in [-0.2, 0) is 17.2 Å². The second-order valence-corrected chi connectivity index (χ2v) is 4.81. The van der Waals surface area contributed by atoms with E-state index < -0.39 is 28.6 Å². The van der Waals surface area contributed by atoms with Gasteiger partial charge in [-0.15, -0.1) is 0 Å². The number of rotatable bonds is 2. The average Bonchev–Trinajstić information content (AvgIpc) is 2.69. The highest BCUT2D eigenvalue weighted by molar-refractivity contribution is 7.82. The molecule has 1 N–H and O–H groups in total. The summed E-state index contributed by atoms with van der Waals surface area (Å²) in [5.74, 6) is -0.710. The molecule has 0 aromatic carbocycles. The molecule has 1 amide bonds. The Hall–Kier alpha value is -1.90. The number of hydrogen-bond acceptors (Lipinski definition) is 3. The van der Waals surface area contributed by atoms with Gasteiger partial charge in [0.25, 0.3) is 5.91 Å². The van der Waals surface area contributed by atoms with E-state index in [9.17, 15) is 22.2 Å². The number of fused-ring (bicyclic) bond motifs is 1. The van der Waals surface area contributed by atoms with Gasteiger partial charge in [0.15, 0.2) is 5.69 Å². The molecule has 0 spiro atoms. The molecular formula is C10H8F3N3O2S. The quantitative estimate of drug-likeness (QED) is 0.909. The van der Waals surface area contributed by atoms with Crippen LogP contribution in [0.5, 0.6) is 0 Å². The van der Waals surface area contributed by atoms with Crippen LogP contribution >= 0.6 is 0 Å². The lowest BCUT2D eigenvalue weighted by atomic mass is 10.2. The van der Waals surface area contributed by atoms with Crippen molar-refractivity contribution in [2.45, 2.75) is 6.18 Å². The molecule has 1 unspecified atom stereocenters. The van der Waals surface area contributed by atoms with Crippen LogP contribution in [0.4, 0.5) is 13.2 Å². The molecule has 2 heterocycles. The van der Waals surface area contributed by atoms with E-state index in [0.717, 1.165) is 16.8 Å². The van der Waals surface area contributed by atoms with Crippen molar-refractivity contribution < 1.29 is 22.2 Å². The van der Waals surface area contributed by atoms with Gasteiger partial charge in [0.05, 0.1) is 11.1 Å². The first-order valence-electron chi connectivity index (χ1n) is 4.98. The number of carbonyl (C=O) groups is 1. The molecule has 0 aliphatic carbocycles. The van der Waals surface area contributed by atoms with Gasteiger partial charge < -0.3 is 0 Å². The number of nitrogens with zero attached hydrogens (tertiary/aromatic N) is 2. The monoisotopic (exact) mass is 291 g/mol. The van der Waals surface area contributed by atoms with Crippen LogP contribution in [-0.4, -0.2) is 26.0 Å². The Morgan fingerprint density at radius 3 is 2.68 bits per heavy atom. The highest BCUT2D eigenvalue weighted by Gasteiger charge is 2.31. The second-order valence-electron chi connectivity index (χ2n) is 3.70. The first-order chi connectivity index (χ1) is 8.77. The molecule has 2 rings (SSSR count). The van der Waals surface area contributed by atoms with Gasteiger partial charge in [-0.05, 0) is 18.2 Å². The molecule has 0 saturated heterocycles. The molecule has 0 fully saturated rings. The molecule has 0 saturated carbocycles. The van der Waals surface area contributed by atoms with Crippen molar-refractivity contribution in [3.05, 3.63) is 35.7 Å². The number of carbonyl (C=O) groups excluding carboxylic acids is 1. The summed E-state index contributed by atoms with van der Waals surface area (Å²) in [6.07, 6.45) is -2.43. The van der Waals surface area contributed by atoms with Crippen LogP contribution in [0.3, 0.4) is 0 Å². The lowest BCUT2D eigenvalue weighted by Gasteiger charge is -2.05. The molecule has 19 heavy (non-hydrogen) atoms. The smallest absolute Gasteiger partial charge is 0.270 e. The largest absolute Gasteiger partial charge is 0.417 e. The number of hydrogen-bond donors (Lipinski definition) is 1. The zero-order valence-corrected chi connectivity index (χ0v) is 10.4. The first-order valence-corrected chi connectivity index (χ1v) is 6.54. The van der Waals surface area contributed by atoms with Crippen molar-refractivity contribution in [2.24, 2.45) is 0 Å². The molecule has 0 aliphatic rings. The van der Waals surface area contributed by atoms with Gasteiger partial charge in [0, 0.05) is 12.5 Å². The van der Waals surface area contributed by atoms with E-state index in [1.165, 1.54) is 18.4 Å². The van der Waals surface area contributed by atoms with E-state index in [0.29, 0.717) is 5.52 Å². The summed E-state index contributed by atoms with van der Waals surface area (Å²) in [6.45, 7) is 0. The highest BCUT2D eigenvalue weighted by atomic mass is 32.2. The number of amides is 1. The summed E-state index contributed by atoms with van der Waals surface area (Å²) >= 11 is 0. The van der Waals surface area contributed by atoms with E-state index >= 15 is 0 Å². The summed E-state index contributed by atoms with van der Waals surface area (Å²) < 4.78 is 51.4. The molecule has 5 nitrogen and oxygen atoms in total. The van der Waals surface area contributed by atoms with E-state index in [2.05, 4.69) is 9.82 Å². The summed E-state index contributed by atoms with van der Waals surface area (Å²) in [6, 6.07) is 3.41. The number of halogens is 3. The lowest BCUT2D eigenvalue weighted by Crippen LogP contribution is -2.25. The highest BCUT2D eigenvalue weighted by Crippen LogP contribution is 2.29. The van der Waals surface area contributed by atoms with Crippen molar-refractivity contribution >= 4 is 22.4 Å². The molecule has 2 aromatic rings. The molecular weight excluding hydrogens is 283 g/mol. The van der Waals surface area contributed by atoms with Crippen LogP contribution in [0, 0.1) is 0 Å². The normalized spacial score (nSPS) is 13.5. The summed E-state index contributed by atoms with van der Waals surface area (Å²) in [7, 11) is -1.57. The Morgan fingerprint density at radius 2 is 2.11 bits per heavy atom. The molecule has 0 bridgehead atoms. The number of alkyl halides is 3. The van der Waals surface area contributed by atoms with Crippen LogP contribution in [0.1, 0.15) is 16.1 Å². The Bertz CT molecular complexity index is 666. The van der Waals surface area contributed by atoms with Crippen molar-refractivity contribution in [3.63, 3.8) is 0 Å². The fourth-order valence-electron chi connectivity index (χ4n) is 1.45. The zero-order chi connectivity index (χ0) is 14.2. The predicted octanol–water partition coefficient (Wildman–Crippen LogP) is 1.38. The first kappa shape index (κ1) is 13.5. The minimum Gasteiger partial charge on any atom is -0.270 e. The van der Waals surface area contributed by atoms with Crippen molar-refractivity contribution in [3.8, 4) is 0 Å². The van der Waals surface area contributed by atoms with Crippen molar-refractivity contribution in [1.29, 1.82) is 0 Å². The topological polar surface area (TPSA) is 63.5 Å². The number of nitrogens with one attached hydrogen (secondary N) is 1. The van der Waals surface area contributed by atoms with Crippen molar-refractivity contribution in [2.75, 3.05) is 6.26 Å². The van der Waals surface area contributed by atoms with Crippen LogP contribution < -0.4 is 4.72 Å². The molecule has 9 heteroatoms. The standard InChI is InChI=1S/C10H8F3N3O2S/c1-19(18)15-9(17)8-4-7-3-2-6(10(11,12)13)5-16(7)14-8/h2-5H,1H3,(H,15,17). The molecule has 2 aromatic heterocycles. The van der Waals surface area contributed by atoms with Gasteiger partial charge in [-0.2, -0.15) is 18.3 Å². The van der Waals surface area contributed by atoms with Crippen LogP contribution in [0.2, 0.25) is 0 Å². The summed E-state index contributed by atoms with van der Waals surface area (Å²) in [5.41, 5.74) is -0.635. The maximum atomic E-state index is 12.5. The average molecular weight is 291 g/mol. The van der Waals surface area contributed by atoms with Gasteiger partial charge in [-0.25, -0.2) is 8.72 Å². The Labute approximate surface area is 108 Å². The third-order valence-electron chi connectivity index (χ3n) is 2.26. The summed E-state index contributed by atoms with van der Waals surface area (Å²) in [4.78, 5) is 11.5. The minimum atomic E-state index is -4.48. The lowest BCUT2D eigenvalue weighted by molar-refractivity contribution is -0.137. The van der Waals surface area contributed by atoms with E-state index in [4.69, 9.17) is 0 Å². The van der Waals surface area contributed by atoms with Gasteiger partial charge in [0.1, 0.15) is 11.0 Å². The van der Waals surface area contributed by atoms with Gasteiger partial charge in [0.2, 0.25) is 0 Å². The van der Waals surface area contributed by atoms with E-state index in [-0.39, 0.29) is 5.69 Å². The number of pyridine rings is 1. The van der Waals surface area contributed by atoms with Gasteiger partial charge >= 0.3 is 6.18 Å². The molecule has 1 atom stereocenters. The van der Waals surface area contributed by atoms with Crippen LogP contribution in [0.25, 0.3) is 5.52 Å². The molecule has 102 valence electrons. The zero-order valence-electron chi connectivity index (χ0n) is 9.56. The SMILES string of the molecule is CS(=O)NC(=O)c1cc2ccc(C(F)(F)F)cn2n1.